The Balaban J connectivity index is 3.13. The molecule has 9 heteroatoms. The number of nitrogens with two attached hydrogens (primary N) is 1. The molecule has 0 amide bonds. The van der Waals surface area contributed by atoms with Crippen molar-refractivity contribution in [2.75, 3.05) is 7.11 Å². The van der Waals surface area contributed by atoms with Crippen LogP contribution in [0.4, 0.5) is 13.2 Å². The summed E-state index contributed by atoms with van der Waals surface area (Å²) in [5.74, 6) is -0.696. The molecule has 5 nitrogen and oxygen atoms in total. The molecule has 0 aliphatic rings. The molecular formula is C9H10F3NO4S. The summed E-state index contributed by atoms with van der Waals surface area (Å²) in [7, 11) is -4.54. The van der Waals surface area contributed by atoms with Crippen LogP contribution in [0.15, 0.2) is 18.2 Å². The molecule has 0 aromatic heterocycles. The topological polar surface area (TPSA) is 78.6 Å². The first-order valence-corrected chi connectivity index (χ1v) is 6.00. The van der Waals surface area contributed by atoms with Crippen molar-refractivity contribution in [1.29, 1.82) is 0 Å². The molecule has 0 saturated carbocycles. The number of hydrogen-bond donors (Lipinski definition) is 1. The van der Waals surface area contributed by atoms with Crippen molar-refractivity contribution < 1.29 is 30.5 Å². The normalized spacial score (nSPS) is 12.3. The molecule has 0 fully saturated rings. The van der Waals surface area contributed by atoms with Gasteiger partial charge in [0.05, 0.1) is 7.11 Å². The van der Waals surface area contributed by atoms with Crippen LogP contribution in [0.25, 0.3) is 0 Å². The van der Waals surface area contributed by atoms with E-state index < -0.39 is 21.4 Å². The predicted molar refractivity (Wildman–Crippen MR) is 56.5 cm³/mol. The van der Waals surface area contributed by atoms with Gasteiger partial charge in [-0.05, 0) is 17.7 Å². The second-order valence-corrected chi connectivity index (χ2v) is 4.71. The van der Waals surface area contributed by atoms with Gasteiger partial charge in [-0.1, -0.05) is 6.07 Å². The molecule has 0 spiro atoms. The van der Waals surface area contributed by atoms with E-state index in [0.29, 0.717) is 5.56 Å². The molecule has 102 valence electrons. The summed E-state index contributed by atoms with van der Waals surface area (Å²) in [5.41, 5.74) is 0.389. The minimum Gasteiger partial charge on any atom is -0.493 e. The van der Waals surface area contributed by atoms with E-state index in [0.717, 1.165) is 6.07 Å². The molecule has 0 aliphatic heterocycles. The lowest BCUT2D eigenvalue weighted by Crippen LogP contribution is -2.28. The summed E-state index contributed by atoms with van der Waals surface area (Å²) >= 11 is 0. The van der Waals surface area contributed by atoms with E-state index in [4.69, 9.17) is 10.5 Å². The van der Waals surface area contributed by atoms with Crippen molar-refractivity contribution in [2.45, 2.75) is 12.1 Å². The van der Waals surface area contributed by atoms with Crippen LogP contribution in [0.3, 0.4) is 0 Å². The molecule has 18 heavy (non-hydrogen) atoms. The van der Waals surface area contributed by atoms with Gasteiger partial charge >= 0.3 is 15.6 Å². The van der Waals surface area contributed by atoms with Crippen LogP contribution in [-0.4, -0.2) is 21.0 Å². The Kier molecular flexibility index (Phi) is 4.07. The van der Waals surface area contributed by atoms with Crippen LogP contribution in [0.2, 0.25) is 0 Å². The van der Waals surface area contributed by atoms with Gasteiger partial charge in [0, 0.05) is 6.54 Å². The summed E-state index contributed by atoms with van der Waals surface area (Å²) in [4.78, 5) is 0. The second-order valence-electron chi connectivity index (χ2n) is 3.17. The van der Waals surface area contributed by atoms with Crippen LogP contribution >= 0.6 is 0 Å². The molecule has 0 heterocycles. The van der Waals surface area contributed by atoms with Crippen molar-refractivity contribution >= 4 is 10.1 Å². The van der Waals surface area contributed by atoms with E-state index in [1.165, 1.54) is 19.2 Å². The highest BCUT2D eigenvalue weighted by molar-refractivity contribution is 7.88. The van der Waals surface area contributed by atoms with Gasteiger partial charge in [0.25, 0.3) is 0 Å². The summed E-state index contributed by atoms with van der Waals surface area (Å²) in [5, 5.41) is 0. The van der Waals surface area contributed by atoms with Gasteiger partial charge in [-0.2, -0.15) is 21.6 Å². The first kappa shape index (κ1) is 14.6. The molecule has 0 aliphatic carbocycles. The lowest BCUT2D eigenvalue weighted by molar-refractivity contribution is -0.0500. The van der Waals surface area contributed by atoms with Gasteiger partial charge in [-0.3, -0.25) is 0 Å². The number of alkyl halides is 3. The van der Waals surface area contributed by atoms with Gasteiger partial charge in [0.1, 0.15) is 0 Å². The standard InChI is InChI=1S/C9H10F3NO4S/c1-16-8-4-6(5-13)2-3-7(8)17-18(14,15)9(10,11)12/h2-4H,5,13H2,1H3. The average Bonchev–Trinajstić information content (AvgIpc) is 2.27. The minimum absolute atomic E-state index is 0.128. The lowest BCUT2D eigenvalue weighted by atomic mass is 10.2. The highest BCUT2D eigenvalue weighted by Crippen LogP contribution is 2.33. The van der Waals surface area contributed by atoms with Crippen LogP contribution in [0, 0.1) is 0 Å². The fourth-order valence-corrected chi connectivity index (χ4v) is 1.54. The Morgan fingerprint density at radius 1 is 1.28 bits per heavy atom. The maximum atomic E-state index is 12.1. The van der Waals surface area contributed by atoms with Gasteiger partial charge in [0.15, 0.2) is 11.5 Å². The van der Waals surface area contributed by atoms with Crippen molar-refractivity contribution in [2.24, 2.45) is 5.73 Å². The summed E-state index contributed by atoms with van der Waals surface area (Å²) in [6.07, 6.45) is 0. The zero-order chi connectivity index (χ0) is 14.0. The summed E-state index contributed by atoms with van der Waals surface area (Å²) < 4.78 is 66.7. The number of rotatable bonds is 4. The Morgan fingerprint density at radius 3 is 2.33 bits per heavy atom. The lowest BCUT2D eigenvalue weighted by Gasteiger charge is -2.12. The van der Waals surface area contributed by atoms with Gasteiger partial charge < -0.3 is 14.7 Å². The third kappa shape index (κ3) is 3.05. The van der Waals surface area contributed by atoms with Crippen LogP contribution < -0.4 is 14.7 Å². The fourth-order valence-electron chi connectivity index (χ4n) is 1.07. The SMILES string of the molecule is COc1cc(CN)ccc1OS(=O)(=O)C(F)(F)F. The van der Waals surface area contributed by atoms with E-state index in [9.17, 15) is 21.6 Å². The van der Waals surface area contributed by atoms with Gasteiger partial charge in [-0.15, -0.1) is 0 Å². The minimum atomic E-state index is -5.71. The Morgan fingerprint density at radius 2 is 1.89 bits per heavy atom. The van der Waals surface area contributed by atoms with E-state index in [1.54, 1.807) is 0 Å². The Bertz CT molecular complexity index is 527. The molecule has 0 saturated heterocycles. The second kappa shape index (κ2) is 5.02. The van der Waals surface area contributed by atoms with Crippen molar-refractivity contribution in [1.82, 2.24) is 0 Å². The fraction of sp³-hybridized carbons (Fsp3) is 0.333. The highest BCUT2D eigenvalue weighted by atomic mass is 32.2. The van der Waals surface area contributed by atoms with Crippen LogP contribution in [0.5, 0.6) is 11.5 Å². The van der Waals surface area contributed by atoms with Crippen molar-refractivity contribution in [3.63, 3.8) is 0 Å². The van der Waals surface area contributed by atoms with Crippen molar-refractivity contribution in [3.8, 4) is 11.5 Å². The number of ether oxygens (including phenoxy) is 1. The predicted octanol–water partition coefficient (Wildman–Crippen LogP) is 1.38. The first-order valence-electron chi connectivity index (χ1n) is 4.59. The quantitative estimate of drug-likeness (QED) is 0.668. The largest absolute Gasteiger partial charge is 0.534 e. The molecular weight excluding hydrogens is 275 g/mol. The van der Waals surface area contributed by atoms with E-state index in [1.807, 2.05) is 0 Å². The Labute approximate surface area is 101 Å². The third-order valence-corrected chi connectivity index (χ3v) is 2.91. The molecule has 0 radical (unpaired) electrons. The molecule has 0 bridgehead atoms. The zero-order valence-electron chi connectivity index (χ0n) is 9.19. The van der Waals surface area contributed by atoms with Gasteiger partial charge in [-0.25, -0.2) is 0 Å². The molecule has 0 atom stereocenters. The number of methoxy groups -OCH3 is 1. The molecule has 0 unspecified atom stereocenters. The monoisotopic (exact) mass is 285 g/mol. The summed E-state index contributed by atoms with van der Waals surface area (Å²) in [6.45, 7) is 0.128. The van der Waals surface area contributed by atoms with E-state index >= 15 is 0 Å². The van der Waals surface area contributed by atoms with E-state index in [-0.39, 0.29) is 12.3 Å². The first-order chi connectivity index (χ1) is 8.21. The van der Waals surface area contributed by atoms with Crippen molar-refractivity contribution in [3.05, 3.63) is 23.8 Å². The smallest absolute Gasteiger partial charge is 0.493 e. The number of hydrogen-bond acceptors (Lipinski definition) is 5. The maximum absolute atomic E-state index is 12.1. The molecule has 1 rings (SSSR count). The third-order valence-electron chi connectivity index (χ3n) is 1.95. The molecule has 2 N–H and O–H groups in total. The Hall–Kier alpha value is -1.48. The summed E-state index contributed by atoms with van der Waals surface area (Å²) in [6, 6.07) is 3.68. The van der Waals surface area contributed by atoms with Crippen LogP contribution in [0.1, 0.15) is 5.56 Å². The van der Waals surface area contributed by atoms with Crippen LogP contribution in [-0.2, 0) is 16.7 Å². The molecule has 1 aromatic rings. The highest BCUT2D eigenvalue weighted by Gasteiger charge is 2.48. The number of benzene rings is 1. The van der Waals surface area contributed by atoms with E-state index in [2.05, 4.69) is 4.18 Å². The average molecular weight is 285 g/mol. The van der Waals surface area contributed by atoms with Gasteiger partial charge in [0.2, 0.25) is 0 Å². The molecule has 1 aromatic carbocycles. The number of halogens is 3. The zero-order valence-corrected chi connectivity index (χ0v) is 10.0. The maximum Gasteiger partial charge on any atom is 0.534 e.